The van der Waals surface area contributed by atoms with Crippen molar-refractivity contribution in [2.45, 2.75) is 32.4 Å². The second-order valence-electron chi connectivity index (χ2n) is 6.15. The summed E-state index contributed by atoms with van der Waals surface area (Å²) in [7, 11) is 0. The zero-order valence-electron chi connectivity index (χ0n) is 13.3. The Balaban J connectivity index is 1.48. The topological polar surface area (TPSA) is 59.4 Å². The van der Waals surface area contributed by atoms with Gasteiger partial charge >= 0.3 is 6.03 Å². The maximum Gasteiger partial charge on any atom is 0.323 e. The number of hydrogen-bond donors (Lipinski definition) is 1. The van der Waals surface area contributed by atoms with E-state index in [2.05, 4.69) is 26.3 Å². The van der Waals surface area contributed by atoms with E-state index in [1.807, 2.05) is 28.9 Å². The fourth-order valence-electron chi connectivity index (χ4n) is 3.18. The second kappa shape index (κ2) is 6.47. The van der Waals surface area contributed by atoms with Crippen molar-refractivity contribution in [3.8, 4) is 5.75 Å². The van der Waals surface area contributed by atoms with Gasteiger partial charge in [0.15, 0.2) is 5.82 Å². The van der Waals surface area contributed by atoms with Crippen LogP contribution >= 0.6 is 15.9 Å². The first-order valence-electron chi connectivity index (χ1n) is 8.23. The summed E-state index contributed by atoms with van der Waals surface area (Å²) < 4.78 is 8.73. The molecule has 6 nitrogen and oxygen atoms in total. The lowest BCUT2D eigenvalue weighted by Crippen LogP contribution is -2.36. The number of anilines is 1. The molecule has 1 aromatic carbocycles. The van der Waals surface area contributed by atoms with Crippen molar-refractivity contribution in [3.63, 3.8) is 0 Å². The van der Waals surface area contributed by atoms with Crippen molar-refractivity contribution < 1.29 is 9.53 Å². The van der Waals surface area contributed by atoms with Gasteiger partial charge < -0.3 is 9.64 Å². The average Bonchev–Trinajstić information content (AvgIpc) is 2.85. The summed E-state index contributed by atoms with van der Waals surface area (Å²) in [5.74, 6) is 1.47. The maximum absolute atomic E-state index is 12.6. The average molecular weight is 391 g/mol. The molecule has 1 aromatic heterocycles. The van der Waals surface area contributed by atoms with Gasteiger partial charge in [0.1, 0.15) is 12.4 Å². The largest absolute Gasteiger partial charge is 0.491 e. The zero-order valence-corrected chi connectivity index (χ0v) is 14.9. The highest BCUT2D eigenvalue weighted by Gasteiger charge is 2.21. The summed E-state index contributed by atoms with van der Waals surface area (Å²) in [4.78, 5) is 14.4. The number of nitrogens with zero attached hydrogens (tertiary/aromatic N) is 3. The van der Waals surface area contributed by atoms with Crippen molar-refractivity contribution >= 4 is 27.8 Å². The number of ether oxygens (including phenoxy) is 1. The van der Waals surface area contributed by atoms with E-state index >= 15 is 0 Å². The quantitative estimate of drug-likeness (QED) is 0.811. The van der Waals surface area contributed by atoms with Crippen LogP contribution < -0.4 is 10.1 Å². The monoisotopic (exact) mass is 390 g/mol. The van der Waals surface area contributed by atoms with Crippen molar-refractivity contribution in [1.82, 2.24) is 14.7 Å². The Hall–Kier alpha value is -2.02. The van der Waals surface area contributed by atoms with Crippen molar-refractivity contribution in [2.24, 2.45) is 0 Å². The van der Waals surface area contributed by atoms with Crippen LogP contribution in [0.1, 0.15) is 24.1 Å². The molecule has 0 atom stereocenters. The number of carbonyl (C=O) groups is 1. The fourth-order valence-corrected chi connectivity index (χ4v) is 3.52. The summed E-state index contributed by atoms with van der Waals surface area (Å²) >= 11 is 3.45. The number of benzene rings is 1. The number of halogens is 1. The molecule has 0 saturated carbocycles. The van der Waals surface area contributed by atoms with E-state index in [0.717, 1.165) is 35.2 Å². The number of hydrogen-bond acceptors (Lipinski definition) is 3. The number of aromatic nitrogens is 2. The van der Waals surface area contributed by atoms with E-state index in [0.29, 0.717) is 25.5 Å². The molecule has 4 rings (SSSR count). The molecular formula is C17H19BrN4O2. The highest BCUT2D eigenvalue weighted by Crippen LogP contribution is 2.27. The third kappa shape index (κ3) is 3.13. The first-order valence-corrected chi connectivity index (χ1v) is 9.02. The summed E-state index contributed by atoms with van der Waals surface area (Å²) in [5, 5.41) is 7.41. The van der Waals surface area contributed by atoms with E-state index in [4.69, 9.17) is 4.74 Å². The predicted octanol–water partition coefficient (Wildman–Crippen LogP) is 3.41. The van der Waals surface area contributed by atoms with Gasteiger partial charge in [0.05, 0.1) is 13.1 Å². The molecule has 24 heavy (non-hydrogen) atoms. The highest BCUT2D eigenvalue weighted by atomic mass is 79.9. The van der Waals surface area contributed by atoms with Gasteiger partial charge in [-0.05, 0) is 31.4 Å². The second-order valence-corrected chi connectivity index (χ2v) is 7.07. The number of fused-ring (bicyclic) bond motifs is 2. The van der Waals surface area contributed by atoms with Gasteiger partial charge in [-0.3, -0.25) is 10.00 Å². The molecular weight excluding hydrogens is 372 g/mol. The molecule has 0 radical (unpaired) electrons. The Morgan fingerprint density at radius 2 is 2.17 bits per heavy atom. The molecule has 0 saturated heterocycles. The Bertz CT molecular complexity index is 750. The first-order chi connectivity index (χ1) is 11.7. The normalized spacial score (nSPS) is 16.6. The number of carbonyl (C=O) groups excluding carboxylic acids is 1. The Labute approximate surface area is 148 Å². The molecule has 7 heteroatoms. The van der Waals surface area contributed by atoms with Crippen LogP contribution in [0.15, 0.2) is 28.7 Å². The predicted molar refractivity (Wildman–Crippen MR) is 94.2 cm³/mol. The molecule has 0 bridgehead atoms. The number of rotatable bonds is 1. The van der Waals surface area contributed by atoms with Crippen LogP contribution in [-0.2, 0) is 19.5 Å². The number of nitrogens with one attached hydrogen (secondary N) is 1. The first kappa shape index (κ1) is 15.5. The number of aryl methyl sites for hydroxylation is 2. The Kier molecular flexibility index (Phi) is 4.18. The third-order valence-corrected chi connectivity index (χ3v) is 4.94. The van der Waals surface area contributed by atoms with Crippen LogP contribution in [0, 0.1) is 0 Å². The van der Waals surface area contributed by atoms with Gasteiger partial charge in [-0.25, -0.2) is 4.79 Å². The molecule has 2 aromatic rings. The van der Waals surface area contributed by atoms with E-state index in [1.54, 1.807) is 4.90 Å². The van der Waals surface area contributed by atoms with Crippen LogP contribution in [0.25, 0.3) is 0 Å². The van der Waals surface area contributed by atoms with E-state index in [1.165, 1.54) is 12.1 Å². The van der Waals surface area contributed by atoms with E-state index in [9.17, 15) is 4.79 Å². The molecule has 0 aliphatic carbocycles. The molecule has 1 N–H and O–H groups in total. The zero-order chi connectivity index (χ0) is 16.5. The molecule has 0 unspecified atom stereocenters. The minimum absolute atomic E-state index is 0.134. The van der Waals surface area contributed by atoms with Crippen LogP contribution in [-0.4, -0.2) is 33.9 Å². The molecule has 0 fully saturated rings. The van der Waals surface area contributed by atoms with Crippen molar-refractivity contribution in [1.29, 1.82) is 0 Å². The van der Waals surface area contributed by atoms with Gasteiger partial charge in [0.2, 0.25) is 0 Å². The molecule has 126 valence electrons. The number of amides is 2. The standard InChI is InChI=1S/C17H19BrN4O2/c18-13-5-4-12-11-21(7-8-24-15(12)9-13)17(23)19-16-10-14-3-1-2-6-22(14)20-16/h4-5,9-10H,1-3,6-8,11H2,(H,19,20,23). The lowest BCUT2D eigenvalue weighted by Gasteiger charge is -2.19. The molecule has 2 amide bonds. The molecule has 2 aliphatic heterocycles. The Morgan fingerprint density at radius 1 is 1.25 bits per heavy atom. The lowest BCUT2D eigenvalue weighted by atomic mass is 10.1. The summed E-state index contributed by atoms with van der Waals surface area (Å²) in [6.45, 7) is 2.50. The van der Waals surface area contributed by atoms with Crippen molar-refractivity contribution in [2.75, 3.05) is 18.5 Å². The SMILES string of the molecule is O=C(Nc1cc2n(n1)CCCC2)N1CCOc2cc(Br)ccc2C1. The Morgan fingerprint density at radius 3 is 3.04 bits per heavy atom. The summed E-state index contributed by atoms with van der Waals surface area (Å²) in [5.41, 5.74) is 2.21. The van der Waals surface area contributed by atoms with Gasteiger partial charge in [-0.15, -0.1) is 0 Å². The lowest BCUT2D eigenvalue weighted by molar-refractivity contribution is 0.200. The van der Waals surface area contributed by atoms with Crippen LogP contribution in [0.4, 0.5) is 10.6 Å². The fraction of sp³-hybridized carbons (Fsp3) is 0.412. The van der Waals surface area contributed by atoms with Crippen LogP contribution in [0.2, 0.25) is 0 Å². The maximum atomic E-state index is 12.6. The van der Waals surface area contributed by atoms with E-state index in [-0.39, 0.29) is 6.03 Å². The highest BCUT2D eigenvalue weighted by molar-refractivity contribution is 9.10. The smallest absolute Gasteiger partial charge is 0.323 e. The third-order valence-electron chi connectivity index (χ3n) is 4.45. The van der Waals surface area contributed by atoms with E-state index < -0.39 is 0 Å². The van der Waals surface area contributed by atoms with Gasteiger partial charge in [-0.1, -0.05) is 22.0 Å². The summed E-state index contributed by atoms with van der Waals surface area (Å²) in [6, 6.07) is 7.74. The minimum atomic E-state index is -0.134. The number of urea groups is 1. The molecule has 0 spiro atoms. The summed E-state index contributed by atoms with van der Waals surface area (Å²) in [6.07, 6.45) is 3.37. The molecule has 3 heterocycles. The van der Waals surface area contributed by atoms with Crippen LogP contribution in [0.3, 0.4) is 0 Å². The van der Waals surface area contributed by atoms with Crippen molar-refractivity contribution in [3.05, 3.63) is 40.0 Å². The minimum Gasteiger partial charge on any atom is -0.491 e. The van der Waals surface area contributed by atoms with Gasteiger partial charge in [0, 0.05) is 28.3 Å². The van der Waals surface area contributed by atoms with Gasteiger partial charge in [0.25, 0.3) is 0 Å². The van der Waals surface area contributed by atoms with Crippen LogP contribution in [0.5, 0.6) is 5.75 Å². The van der Waals surface area contributed by atoms with Gasteiger partial charge in [-0.2, -0.15) is 5.10 Å². The molecule has 2 aliphatic rings.